The third kappa shape index (κ3) is 4.70. The van der Waals surface area contributed by atoms with E-state index in [-0.39, 0.29) is 18.0 Å². The molecule has 1 amide bonds. The summed E-state index contributed by atoms with van der Waals surface area (Å²) in [6.07, 6.45) is 0.184. The minimum Gasteiger partial charge on any atom is -0.497 e. The number of carbonyl (C=O) groups excluding carboxylic acids is 1. The quantitative estimate of drug-likeness (QED) is 0.605. The molecule has 2 aromatic carbocycles. The van der Waals surface area contributed by atoms with Gasteiger partial charge in [-0.05, 0) is 18.2 Å². The number of methoxy groups -OCH3 is 1. The van der Waals surface area contributed by atoms with E-state index in [1.807, 2.05) is 0 Å². The largest absolute Gasteiger partial charge is 0.497 e. The van der Waals surface area contributed by atoms with E-state index >= 15 is 0 Å². The predicted octanol–water partition coefficient (Wildman–Crippen LogP) is 3.04. The molecule has 0 saturated heterocycles. The van der Waals surface area contributed by atoms with Gasteiger partial charge in [-0.3, -0.25) is 14.9 Å². The fourth-order valence-electron chi connectivity index (χ4n) is 2.02. The smallest absolute Gasteiger partial charge is 0.292 e. The summed E-state index contributed by atoms with van der Waals surface area (Å²) in [6, 6.07) is 13.4. The highest BCUT2D eigenvalue weighted by Gasteiger charge is 2.12. The molecule has 0 aromatic heterocycles. The minimum atomic E-state index is -0.460. The summed E-state index contributed by atoms with van der Waals surface area (Å²) in [5.74, 6) is 0.463. The number of anilines is 2. The Kier molecular flexibility index (Phi) is 5.51. The number of hydrogen-bond acceptors (Lipinski definition) is 5. The Hall–Kier alpha value is -3.09. The number of nitrogens with one attached hydrogen (secondary N) is 2. The number of carbonyl (C=O) groups is 1. The molecule has 2 N–H and O–H groups in total. The molecule has 0 aliphatic heterocycles. The van der Waals surface area contributed by atoms with Crippen LogP contribution < -0.4 is 15.4 Å². The fraction of sp³-hybridized carbons (Fsp3) is 0.188. The van der Waals surface area contributed by atoms with Crippen molar-refractivity contribution in [3.63, 3.8) is 0 Å². The van der Waals surface area contributed by atoms with Crippen LogP contribution in [0.15, 0.2) is 48.5 Å². The van der Waals surface area contributed by atoms with Crippen LogP contribution in [-0.4, -0.2) is 24.5 Å². The molecule has 2 rings (SSSR count). The molecule has 2 aromatic rings. The van der Waals surface area contributed by atoms with Gasteiger partial charge in [0.1, 0.15) is 11.4 Å². The molecule has 0 atom stereocenters. The predicted molar refractivity (Wildman–Crippen MR) is 87.8 cm³/mol. The van der Waals surface area contributed by atoms with Crippen molar-refractivity contribution in [2.24, 2.45) is 0 Å². The van der Waals surface area contributed by atoms with E-state index in [0.717, 1.165) is 0 Å². The monoisotopic (exact) mass is 315 g/mol. The number of nitrogens with zero attached hydrogens (tertiary/aromatic N) is 1. The first-order chi connectivity index (χ1) is 11.1. The van der Waals surface area contributed by atoms with Gasteiger partial charge >= 0.3 is 0 Å². The summed E-state index contributed by atoms with van der Waals surface area (Å²) in [5.41, 5.74) is 1.02. The third-order valence-corrected chi connectivity index (χ3v) is 3.12. The molecule has 7 heteroatoms. The number of rotatable bonds is 7. The Morgan fingerprint density at radius 1 is 1.22 bits per heavy atom. The first-order valence-electron chi connectivity index (χ1n) is 7.01. The van der Waals surface area contributed by atoms with Gasteiger partial charge in [-0.1, -0.05) is 18.2 Å². The average molecular weight is 315 g/mol. The molecule has 7 nitrogen and oxygen atoms in total. The van der Waals surface area contributed by atoms with Crippen LogP contribution in [-0.2, 0) is 4.79 Å². The lowest BCUT2D eigenvalue weighted by atomic mass is 10.2. The van der Waals surface area contributed by atoms with Crippen LogP contribution >= 0.6 is 0 Å². The zero-order valence-corrected chi connectivity index (χ0v) is 12.6. The molecular weight excluding hydrogens is 298 g/mol. The fourth-order valence-corrected chi connectivity index (χ4v) is 2.02. The maximum absolute atomic E-state index is 11.9. The number of nitro benzene ring substituents is 1. The molecule has 0 bridgehead atoms. The number of nitro groups is 1. The normalized spacial score (nSPS) is 9.96. The lowest BCUT2D eigenvalue weighted by molar-refractivity contribution is -0.384. The molecule has 0 saturated carbocycles. The Morgan fingerprint density at radius 3 is 2.74 bits per heavy atom. The molecule has 23 heavy (non-hydrogen) atoms. The van der Waals surface area contributed by atoms with Crippen LogP contribution in [0.2, 0.25) is 0 Å². The molecular formula is C16H17N3O4. The summed E-state index contributed by atoms with van der Waals surface area (Å²) in [6.45, 7) is 0.292. The summed E-state index contributed by atoms with van der Waals surface area (Å²) >= 11 is 0. The number of benzene rings is 2. The van der Waals surface area contributed by atoms with Gasteiger partial charge < -0.3 is 15.4 Å². The van der Waals surface area contributed by atoms with Crippen molar-refractivity contribution >= 4 is 23.0 Å². The summed E-state index contributed by atoms with van der Waals surface area (Å²) < 4.78 is 5.08. The molecule has 0 aliphatic rings. The van der Waals surface area contributed by atoms with Gasteiger partial charge in [-0.2, -0.15) is 0 Å². The van der Waals surface area contributed by atoms with Crippen LogP contribution in [0.3, 0.4) is 0 Å². The van der Waals surface area contributed by atoms with Gasteiger partial charge in [0.25, 0.3) is 5.69 Å². The van der Waals surface area contributed by atoms with Crippen LogP contribution in [0.1, 0.15) is 6.42 Å². The van der Waals surface area contributed by atoms with E-state index in [1.54, 1.807) is 49.6 Å². The second-order valence-electron chi connectivity index (χ2n) is 4.73. The maximum Gasteiger partial charge on any atom is 0.292 e. The van der Waals surface area contributed by atoms with E-state index in [9.17, 15) is 14.9 Å². The van der Waals surface area contributed by atoms with Gasteiger partial charge in [0, 0.05) is 30.8 Å². The van der Waals surface area contributed by atoms with Gasteiger partial charge in [0.2, 0.25) is 5.91 Å². The molecule has 0 radical (unpaired) electrons. The lowest BCUT2D eigenvalue weighted by Gasteiger charge is -2.08. The van der Waals surface area contributed by atoms with Gasteiger partial charge in [0.05, 0.1) is 12.0 Å². The van der Waals surface area contributed by atoms with Crippen molar-refractivity contribution < 1.29 is 14.5 Å². The number of ether oxygens (including phenoxy) is 1. The van der Waals surface area contributed by atoms with Crippen molar-refractivity contribution in [1.82, 2.24) is 0 Å². The van der Waals surface area contributed by atoms with Crippen LogP contribution in [0.5, 0.6) is 5.75 Å². The Labute approximate surface area is 133 Å². The van der Waals surface area contributed by atoms with E-state index in [4.69, 9.17) is 4.74 Å². The molecule has 120 valence electrons. The molecule has 0 spiro atoms. The second-order valence-corrected chi connectivity index (χ2v) is 4.73. The number of hydrogen-bond donors (Lipinski definition) is 2. The first kappa shape index (κ1) is 16.3. The first-order valence-corrected chi connectivity index (χ1v) is 7.01. The van der Waals surface area contributed by atoms with E-state index in [2.05, 4.69) is 10.6 Å². The van der Waals surface area contributed by atoms with E-state index in [0.29, 0.717) is 23.7 Å². The Morgan fingerprint density at radius 2 is 2.00 bits per heavy atom. The molecule has 0 unspecified atom stereocenters. The van der Waals surface area contributed by atoms with Gasteiger partial charge in [0.15, 0.2) is 0 Å². The summed E-state index contributed by atoms with van der Waals surface area (Å²) in [5, 5.41) is 16.5. The zero-order chi connectivity index (χ0) is 16.7. The lowest BCUT2D eigenvalue weighted by Crippen LogP contribution is -2.16. The summed E-state index contributed by atoms with van der Waals surface area (Å²) in [7, 11) is 1.55. The average Bonchev–Trinajstić information content (AvgIpc) is 2.55. The van der Waals surface area contributed by atoms with Crippen LogP contribution in [0, 0.1) is 10.1 Å². The third-order valence-electron chi connectivity index (χ3n) is 3.12. The van der Waals surface area contributed by atoms with Crippen molar-refractivity contribution in [3.8, 4) is 5.75 Å². The SMILES string of the molecule is COc1cccc(NC(=O)CCNc2ccccc2[N+](=O)[O-])c1. The summed E-state index contributed by atoms with van der Waals surface area (Å²) in [4.78, 5) is 22.3. The van der Waals surface area contributed by atoms with E-state index in [1.165, 1.54) is 6.07 Å². The van der Waals surface area contributed by atoms with Crippen molar-refractivity contribution in [2.75, 3.05) is 24.3 Å². The standard InChI is InChI=1S/C16H17N3O4/c1-23-13-6-4-5-12(11-13)18-16(20)9-10-17-14-7-2-3-8-15(14)19(21)22/h2-8,11,17H,9-10H2,1H3,(H,18,20). The van der Waals surface area contributed by atoms with Crippen LogP contribution in [0.4, 0.5) is 17.1 Å². The molecule has 0 aliphatic carbocycles. The van der Waals surface area contributed by atoms with Crippen LogP contribution in [0.25, 0.3) is 0 Å². The highest BCUT2D eigenvalue weighted by Crippen LogP contribution is 2.23. The highest BCUT2D eigenvalue weighted by atomic mass is 16.6. The Balaban J connectivity index is 1.86. The second kappa shape index (κ2) is 7.79. The van der Waals surface area contributed by atoms with Gasteiger partial charge in [-0.15, -0.1) is 0 Å². The van der Waals surface area contributed by atoms with Crippen molar-refractivity contribution in [2.45, 2.75) is 6.42 Å². The van der Waals surface area contributed by atoms with E-state index < -0.39 is 4.92 Å². The zero-order valence-electron chi connectivity index (χ0n) is 12.6. The highest BCUT2D eigenvalue weighted by molar-refractivity contribution is 5.91. The maximum atomic E-state index is 11.9. The number of para-hydroxylation sites is 2. The van der Waals surface area contributed by atoms with Crippen molar-refractivity contribution in [1.29, 1.82) is 0 Å². The Bertz CT molecular complexity index is 703. The molecule has 0 heterocycles. The topological polar surface area (TPSA) is 93.5 Å². The van der Waals surface area contributed by atoms with Gasteiger partial charge in [-0.25, -0.2) is 0 Å². The number of amides is 1. The minimum absolute atomic E-state index is 0.0132. The molecule has 0 fully saturated rings. The van der Waals surface area contributed by atoms with Crippen molar-refractivity contribution in [3.05, 3.63) is 58.6 Å².